The first-order valence-electron chi connectivity index (χ1n) is 38.2. The Hall–Kier alpha value is -1.52. The van der Waals surface area contributed by atoms with E-state index in [1.54, 1.807) is 7.11 Å². The smallest absolute Gasteiger partial charge is 0.187 e. The van der Waals surface area contributed by atoms with E-state index in [9.17, 15) is 112 Å². The summed E-state index contributed by atoms with van der Waals surface area (Å²) in [5.41, 5.74) is -0.124. The number of aliphatic hydroxyl groups is 22. The van der Waals surface area contributed by atoms with Crippen LogP contribution < -0.4 is 0 Å². The second kappa shape index (κ2) is 35.0. The number of ether oxygens (including phenoxy) is 16. The molecular weight excluding hydrogens is 1450 g/mol. The predicted octanol–water partition coefficient (Wildman–Crippen LogP) is -8.80. The lowest BCUT2D eigenvalue weighted by Crippen LogP contribution is -2.69. The summed E-state index contributed by atoms with van der Waals surface area (Å²) >= 11 is 0. The zero-order valence-corrected chi connectivity index (χ0v) is 61.3. The number of rotatable bonds is 25. The quantitative estimate of drug-likeness (QED) is 0.0378. The molecule has 626 valence electrons. The first kappa shape index (κ1) is 85.8. The summed E-state index contributed by atoms with van der Waals surface area (Å²) < 4.78 is 97.2. The summed E-state index contributed by atoms with van der Waals surface area (Å²) in [7, 11) is 1.69. The summed E-state index contributed by atoms with van der Waals surface area (Å²) in [6, 6.07) is 0. The molecule has 47 atom stereocenters. The molecule has 12 aliphatic rings. The van der Waals surface area contributed by atoms with Crippen LogP contribution in [0.2, 0.25) is 0 Å². The van der Waals surface area contributed by atoms with Gasteiger partial charge in [0.1, 0.15) is 165 Å². The van der Waals surface area contributed by atoms with Crippen molar-refractivity contribution in [1.82, 2.24) is 0 Å². The summed E-state index contributed by atoms with van der Waals surface area (Å²) in [5, 5.41) is 241. The van der Waals surface area contributed by atoms with Crippen LogP contribution >= 0.6 is 0 Å². The molecular formula is C70H118O38. The maximum Gasteiger partial charge on any atom is 0.187 e. The maximum atomic E-state index is 12.2. The highest BCUT2D eigenvalue weighted by Gasteiger charge is 2.70. The Morgan fingerprint density at radius 3 is 1.39 bits per heavy atom. The largest absolute Gasteiger partial charge is 0.394 e. The van der Waals surface area contributed by atoms with Gasteiger partial charge in [0, 0.05) is 19.4 Å². The highest BCUT2D eigenvalue weighted by atomic mass is 16.8. The molecule has 108 heavy (non-hydrogen) atoms. The lowest BCUT2D eigenvalue weighted by molar-refractivity contribution is -0.414. The average molecular weight is 1570 g/mol. The molecule has 0 aromatic carbocycles. The van der Waals surface area contributed by atoms with E-state index in [1.807, 2.05) is 6.92 Å². The van der Waals surface area contributed by atoms with Crippen molar-refractivity contribution in [3.05, 3.63) is 0 Å². The van der Waals surface area contributed by atoms with Crippen molar-refractivity contribution < 1.29 is 188 Å². The van der Waals surface area contributed by atoms with E-state index >= 15 is 0 Å². The monoisotopic (exact) mass is 1570 g/mol. The SMILES string of the molecule is CO[C@]1(CC[C@H](C)CO[C@H]2O[C@@H](CO)[C@H](O)[C@@H](O)[C@@H]2O)O[C@@H]2C[C@H]3[C@H]4CC[C@H]5C[C@H](O[C@H]6O[C@@H](CO)[C@H](O[C@H]7O[C@@H](CO)[C@H](O)[C@@H](O[C@H]8O[C@@H](CO)[C@H](O[C@H]9O[C@@H](C)[C@H](O)[C@@H](O)[C@@H]9O)[C@@H](O)[C@@H]8O)[C@@H]7O[C@H]7O[C@@H](CO)[C@H](O)[C@@H](O[C@H]8O[C@@H](CO)[C@H](O)[C@@H](O)[C@@H]8O)[C@@H]7O)[C@@H](O)[C@@H]6O)CC[C@]5(C)[C@H]4CC[C@@]3(C)[C@@H]2[C@H]1C. The van der Waals surface area contributed by atoms with Gasteiger partial charge in [-0.3, -0.25) is 0 Å². The molecule has 0 aromatic heterocycles. The molecule has 0 radical (unpaired) electrons. The fourth-order valence-electron chi connectivity index (χ4n) is 20.4. The normalized spacial score (nSPS) is 55.1. The van der Waals surface area contributed by atoms with Crippen molar-refractivity contribution >= 4 is 0 Å². The third kappa shape index (κ3) is 16.0. The van der Waals surface area contributed by atoms with Crippen molar-refractivity contribution in [2.75, 3.05) is 53.4 Å². The van der Waals surface area contributed by atoms with E-state index in [4.69, 9.17) is 75.8 Å². The van der Waals surface area contributed by atoms with E-state index in [1.165, 1.54) is 6.92 Å². The lowest BCUT2D eigenvalue weighted by atomic mass is 9.44. The first-order chi connectivity index (χ1) is 51.3. The Labute approximate surface area is 623 Å². The minimum Gasteiger partial charge on any atom is -0.394 e. The van der Waals surface area contributed by atoms with Crippen LogP contribution in [0.3, 0.4) is 0 Å². The van der Waals surface area contributed by atoms with Gasteiger partial charge < -0.3 is 188 Å². The van der Waals surface area contributed by atoms with E-state index < -0.39 is 266 Å². The van der Waals surface area contributed by atoms with E-state index in [0.717, 1.165) is 38.5 Å². The Balaban J connectivity index is 0.721. The molecule has 38 heteroatoms. The molecule has 0 bridgehead atoms. The summed E-state index contributed by atoms with van der Waals surface area (Å²) in [6.07, 6.45) is -57.3. The van der Waals surface area contributed by atoms with Gasteiger partial charge in [0.15, 0.2) is 49.8 Å². The van der Waals surface area contributed by atoms with Gasteiger partial charge in [0.05, 0.1) is 64.6 Å². The van der Waals surface area contributed by atoms with Crippen molar-refractivity contribution in [3.63, 3.8) is 0 Å². The van der Waals surface area contributed by atoms with Crippen molar-refractivity contribution in [3.8, 4) is 0 Å². The Kier molecular flexibility index (Phi) is 27.8. The molecule has 8 aliphatic heterocycles. The summed E-state index contributed by atoms with van der Waals surface area (Å²) in [5.74, 6) is 0.759. The van der Waals surface area contributed by atoms with Gasteiger partial charge in [-0.1, -0.05) is 27.7 Å². The van der Waals surface area contributed by atoms with E-state index in [-0.39, 0.29) is 47.2 Å². The zero-order chi connectivity index (χ0) is 78.2. The molecule has 4 aliphatic carbocycles. The standard InChI is InChI=1S/C70H118O38/c1-24(23-94-61-50(87)46(83)41(78)33(17-71)97-61)9-14-70(93-6)25(2)39-32(108-70)16-31-29-8-7-27-15-28(10-12-68(27,4)30(29)11-13-69(31,39)5)96-63-53(90)48(85)57(38(22-76)101-63)104-67-60(107-66-55(92)58(43(80)35(19-73)99-66)105-64-52(89)47(84)42(79)34(18-72)98-64)59(44(81)36(20-74)100-67)106-65-54(91)49(86)56(37(21-75)102-65)103-62-51(88)45(82)40(77)26(3)95-62/h24-67,71-92H,7-23H2,1-6H3/t24-,25+,26-,27-,28+,29-,30-,31-,32+,33-,34-,35-,36-,37-,38-,39+,40-,41-,42-,43-,44-,45+,46+,47+,48-,49-,50-,51-,52-,53-,54-,55-,56-,57-,58+,59+,60-,61-,62+,63-,64+,65+,66+,67+,68-,69+,70+/m0/s1. The molecule has 8 saturated heterocycles. The molecule has 22 N–H and O–H groups in total. The van der Waals surface area contributed by atoms with Gasteiger partial charge in [-0.05, 0) is 111 Å². The summed E-state index contributed by atoms with van der Waals surface area (Å²) in [4.78, 5) is 0. The first-order valence-corrected chi connectivity index (χ1v) is 38.2. The van der Waals surface area contributed by atoms with Crippen LogP contribution in [0, 0.1) is 52.3 Å². The number of hydrogen-bond donors (Lipinski definition) is 22. The third-order valence-electron chi connectivity index (χ3n) is 26.7. The average Bonchev–Trinajstić information content (AvgIpc) is 1.52. The van der Waals surface area contributed by atoms with Crippen LogP contribution in [-0.2, 0) is 75.8 Å². The van der Waals surface area contributed by atoms with Crippen molar-refractivity contribution in [2.24, 2.45) is 52.3 Å². The van der Waals surface area contributed by atoms with Crippen LogP contribution in [0.1, 0.15) is 98.8 Å². The molecule has 0 amide bonds. The molecule has 12 rings (SSSR count). The number of aliphatic hydroxyl groups excluding tert-OH is 22. The van der Waals surface area contributed by atoms with Gasteiger partial charge in [0.25, 0.3) is 0 Å². The Morgan fingerprint density at radius 2 is 0.824 bits per heavy atom. The van der Waals surface area contributed by atoms with Crippen LogP contribution in [-0.4, -0.2) is 399 Å². The Morgan fingerprint density at radius 1 is 0.389 bits per heavy atom. The highest BCUT2D eigenvalue weighted by molar-refractivity contribution is 5.16. The van der Waals surface area contributed by atoms with Crippen LogP contribution in [0.15, 0.2) is 0 Å². The van der Waals surface area contributed by atoms with Gasteiger partial charge in [-0.2, -0.15) is 0 Å². The topological polar surface area (TPSA) is 593 Å². The molecule has 8 heterocycles. The lowest BCUT2D eigenvalue weighted by Gasteiger charge is -2.61. The molecule has 12 fully saturated rings. The van der Waals surface area contributed by atoms with Gasteiger partial charge >= 0.3 is 0 Å². The van der Waals surface area contributed by atoms with E-state index in [2.05, 4.69) is 20.8 Å². The zero-order valence-electron chi connectivity index (χ0n) is 61.3. The van der Waals surface area contributed by atoms with Crippen LogP contribution in [0.25, 0.3) is 0 Å². The second-order valence-corrected chi connectivity index (χ2v) is 32.8. The van der Waals surface area contributed by atoms with Gasteiger partial charge in [-0.15, -0.1) is 0 Å². The van der Waals surface area contributed by atoms with Gasteiger partial charge in [-0.25, -0.2) is 0 Å². The molecule has 0 unspecified atom stereocenters. The number of methoxy groups -OCH3 is 1. The van der Waals surface area contributed by atoms with E-state index in [0.29, 0.717) is 43.4 Å². The number of fused-ring (bicyclic) bond motifs is 7. The molecule has 0 aromatic rings. The molecule has 0 spiro atoms. The Bertz CT molecular complexity index is 2840. The van der Waals surface area contributed by atoms with Crippen molar-refractivity contribution in [2.45, 2.75) is 332 Å². The molecule has 4 saturated carbocycles. The highest BCUT2D eigenvalue weighted by Crippen LogP contribution is 2.71. The molecule has 38 nitrogen and oxygen atoms in total. The summed E-state index contributed by atoms with van der Waals surface area (Å²) in [6.45, 7) is 4.98. The minimum atomic E-state index is -2.30. The maximum absolute atomic E-state index is 12.2. The minimum absolute atomic E-state index is 0.0326. The predicted molar refractivity (Wildman–Crippen MR) is 353 cm³/mol. The number of hydrogen-bond acceptors (Lipinski definition) is 38. The second-order valence-electron chi connectivity index (χ2n) is 32.8. The van der Waals surface area contributed by atoms with Gasteiger partial charge in [0.2, 0.25) is 0 Å². The third-order valence-corrected chi connectivity index (χ3v) is 26.7. The van der Waals surface area contributed by atoms with Crippen LogP contribution in [0.5, 0.6) is 0 Å². The van der Waals surface area contributed by atoms with Crippen LogP contribution in [0.4, 0.5) is 0 Å². The fraction of sp³-hybridized carbons (Fsp3) is 1.00. The van der Waals surface area contributed by atoms with Crippen molar-refractivity contribution in [1.29, 1.82) is 0 Å². The fourth-order valence-corrected chi connectivity index (χ4v) is 20.4.